The number of benzene rings is 2. The van der Waals surface area contributed by atoms with Gasteiger partial charge in [0.1, 0.15) is 11.5 Å². The van der Waals surface area contributed by atoms with Crippen molar-refractivity contribution in [2.75, 3.05) is 12.0 Å². The van der Waals surface area contributed by atoms with Gasteiger partial charge in [0.15, 0.2) is 5.13 Å². The van der Waals surface area contributed by atoms with Gasteiger partial charge in [0.05, 0.1) is 24.4 Å². The molecular formula is C23H19BrN2O4S. The molecule has 6 nitrogen and oxygen atoms in total. The second-order valence-electron chi connectivity index (χ2n) is 7.09. The number of nitrogens with zero attached hydrogens (tertiary/aromatic N) is 2. The molecule has 1 atom stereocenters. The molecule has 2 aromatic carbocycles. The third kappa shape index (κ3) is 3.77. The Hall–Kier alpha value is -2.97. The number of carbonyl (C=O) groups excluding carboxylic acids is 2. The molecule has 1 aliphatic rings. The van der Waals surface area contributed by atoms with Gasteiger partial charge in [-0.2, -0.15) is 0 Å². The molecule has 0 aliphatic carbocycles. The summed E-state index contributed by atoms with van der Waals surface area (Å²) >= 11 is 4.80. The first-order valence-electron chi connectivity index (χ1n) is 9.46. The maximum Gasteiger partial charge on any atom is 0.301 e. The van der Waals surface area contributed by atoms with E-state index in [1.807, 2.05) is 38.1 Å². The lowest BCUT2D eigenvalue weighted by atomic mass is 9.95. The number of halogens is 1. The van der Waals surface area contributed by atoms with E-state index in [9.17, 15) is 14.7 Å². The number of aryl methyl sites for hydroxylation is 2. The van der Waals surface area contributed by atoms with Crippen molar-refractivity contribution in [3.63, 3.8) is 0 Å². The fourth-order valence-corrected chi connectivity index (χ4v) is 4.84. The van der Waals surface area contributed by atoms with Crippen LogP contribution >= 0.6 is 27.3 Å². The van der Waals surface area contributed by atoms with Crippen LogP contribution in [0, 0.1) is 13.8 Å². The summed E-state index contributed by atoms with van der Waals surface area (Å²) in [5.74, 6) is -1.08. The quantitative estimate of drug-likeness (QED) is 0.305. The largest absolute Gasteiger partial charge is 0.507 e. The average molecular weight is 499 g/mol. The molecular weight excluding hydrogens is 480 g/mol. The van der Waals surface area contributed by atoms with Gasteiger partial charge in [-0.05, 0) is 55.8 Å². The molecule has 1 fully saturated rings. The molecule has 158 valence electrons. The maximum absolute atomic E-state index is 13.1. The van der Waals surface area contributed by atoms with Crippen LogP contribution in [0.15, 0.2) is 58.6 Å². The molecule has 1 aliphatic heterocycles. The molecule has 4 rings (SSSR count). The molecule has 1 amide bonds. The molecule has 1 aromatic heterocycles. The Morgan fingerprint density at radius 1 is 1.16 bits per heavy atom. The van der Waals surface area contributed by atoms with E-state index in [1.165, 1.54) is 16.2 Å². The second-order valence-corrected chi connectivity index (χ2v) is 9.19. The van der Waals surface area contributed by atoms with E-state index in [4.69, 9.17) is 4.74 Å². The smallest absolute Gasteiger partial charge is 0.301 e. The summed E-state index contributed by atoms with van der Waals surface area (Å²) in [6.45, 7) is 3.77. The lowest BCUT2D eigenvalue weighted by molar-refractivity contribution is -0.132. The van der Waals surface area contributed by atoms with Crippen LogP contribution in [0.25, 0.3) is 5.76 Å². The van der Waals surface area contributed by atoms with Gasteiger partial charge in [0, 0.05) is 14.9 Å². The van der Waals surface area contributed by atoms with Crippen LogP contribution in [0.1, 0.15) is 27.7 Å². The first kappa shape index (κ1) is 21.3. The summed E-state index contributed by atoms with van der Waals surface area (Å²) in [4.78, 5) is 33.1. The van der Waals surface area contributed by atoms with E-state index in [1.54, 1.807) is 31.4 Å². The molecule has 8 heteroatoms. The van der Waals surface area contributed by atoms with Crippen LogP contribution < -0.4 is 9.64 Å². The third-order valence-electron chi connectivity index (χ3n) is 5.20. The molecule has 1 N–H and O–H groups in total. The fraction of sp³-hybridized carbons (Fsp3) is 0.174. The van der Waals surface area contributed by atoms with Crippen molar-refractivity contribution in [3.8, 4) is 5.75 Å². The lowest BCUT2D eigenvalue weighted by Crippen LogP contribution is -2.29. The van der Waals surface area contributed by atoms with Crippen molar-refractivity contribution >= 4 is 49.8 Å². The van der Waals surface area contributed by atoms with Gasteiger partial charge >= 0.3 is 5.91 Å². The van der Waals surface area contributed by atoms with E-state index in [2.05, 4.69) is 20.9 Å². The molecule has 0 unspecified atom stereocenters. The number of rotatable bonds is 4. The lowest BCUT2D eigenvalue weighted by Gasteiger charge is -2.23. The molecule has 0 radical (unpaired) electrons. The highest BCUT2D eigenvalue weighted by atomic mass is 79.9. The predicted molar refractivity (Wildman–Crippen MR) is 124 cm³/mol. The number of thiazole rings is 1. The molecule has 3 aromatic rings. The van der Waals surface area contributed by atoms with Gasteiger partial charge in [0.25, 0.3) is 5.78 Å². The van der Waals surface area contributed by atoms with Crippen molar-refractivity contribution < 1.29 is 19.4 Å². The minimum Gasteiger partial charge on any atom is -0.507 e. The van der Waals surface area contributed by atoms with Crippen LogP contribution in [0.2, 0.25) is 0 Å². The van der Waals surface area contributed by atoms with Crippen molar-refractivity contribution in [2.45, 2.75) is 19.9 Å². The zero-order valence-corrected chi connectivity index (χ0v) is 19.5. The van der Waals surface area contributed by atoms with Gasteiger partial charge in [0.2, 0.25) is 0 Å². The number of methoxy groups -OCH3 is 1. The van der Waals surface area contributed by atoms with Crippen molar-refractivity contribution in [1.82, 2.24) is 4.98 Å². The first-order chi connectivity index (χ1) is 14.8. The number of ketones is 1. The van der Waals surface area contributed by atoms with Crippen LogP contribution in [-0.4, -0.2) is 28.9 Å². The highest BCUT2D eigenvalue weighted by molar-refractivity contribution is 9.10. The minimum absolute atomic E-state index is 0.0266. The van der Waals surface area contributed by atoms with Crippen molar-refractivity contribution in [1.29, 1.82) is 0 Å². The van der Waals surface area contributed by atoms with Crippen molar-refractivity contribution in [3.05, 3.63) is 80.3 Å². The topological polar surface area (TPSA) is 79.7 Å². The molecule has 0 saturated carbocycles. The van der Waals surface area contributed by atoms with Gasteiger partial charge in [-0.25, -0.2) is 4.98 Å². The van der Waals surface area contributed by atoms with E-state index in [0.29, 0.717) is 22.0 Å². The van der Waals surface area contributed by atoms with E-state index < -0.39 is 17.7 Å². The molecule has 0 spiro atoms. The van der Waals surface area contributed by atoms with Crippen LogP contribution in [0.5, 0.6) is 5.75 Å². The van der Waals surface area contributed by atoms with Crippen molar-refractivity contribution in [2.24, 2.45) is 0 Å². The van der Waals surface area contributed by atoms with E-state index >= 15 is 0 Å². The Kier molecular flexibility index (Phi) is 5.68. The number of carbonyl (C=O) groups is 2. The number of anilines is 1. The number of aromatic nitrogens is 1. The Labute approximate surface area is 191 Å². The highest BCUT2D eigenvalue weighted by Gasteiger charge is 2.48. The summed E-state index contributed by atoms with van der Waals surface area (Å²) in [6.07, 6.45) is 0. The maximum atomic E-state index is 13.1. The molecule has 2 heterocycles. The number of amides is 1. The summed E-state index contributed by atoms with van der Waals surface area (Å²) in [6, 6.07) is 13.2. The van der Waals surface area contributed by atoms with Crippen LogP contribution in [0.3, 0.4) is 0 Å². The normalized spacial score (nSPS) is 17.9. The number of aliphatic hydroxyl groups is 1. The third-order valence-corrected chi connectivity index (χ3v) is 6.76. The fourth-order valence-electron chi connectivity index (χ4n) is 3.49. The zero-order chi connectivity index (χ0) is 22.3. The van der Waals surface area contributed by atoms with E-state index in [-0.39, 0.29) is 11.3 Å². The first-order valence-corrected chi connectivity index (χ1v) is 11.1. The van der Waals surface area contributed by atoms with Gasteiger partial charge in [-0.3, -0.25) is 14.5 Å². The number of ether oxygens (including phenoxy) is 1. The molecule has 31 heavy (non-hydrogen) atoms. The Bertz CT molecular complexity index is 1200. The summed E-state index contributed by atoms with van der Waals surface area (Å²) in [5, 5.41) is 11.5. The molecule has 0 bridgehead atoms. The molecule has 1 saturated heterocycles. The Morgan fingerprint density at radius 2 is 1.87 bits per heavy atom. The number of hydrogen-bond acceptors (Lipinski definition) is 6. The Morgan fingerprint density at radius 3 is 2.45 bits per heavy atom. The highest BCUT2D eigenvalue weighted by Crippen LogP contribution is 2.44. The summed E-state index contributed by atoms with van der Waals surface area (Å²) in [7, 11) is 1.55. The van der Waals surface area contributed by atoms with Crippen LogP contribution in [0.4, 0.5) is 5.13 Å². The number of hydrogen-bond donors (Lipinski definition) is 1. The number of Topliss-reactive ketones (excluding diaryl/α,β-unsaturated/α-hetero) is 1. The summed E-state index contributed by atoms with van der Waals surface area (Å²) in [5.41, 5.74) is 1.93. The standard InChI is InChI=1S/C23H19BrN2O4S/c1-12-13(2)31-23(25-12)26-19(15-5-4-6-16(24)11-15)18(21(28)22(26)29)20(27)14-7-9-17(30-3)10-8-14/h4-11,19,27H,1-3H3/t19-/m1/s1. The SMILES string of the molecule is COc1ccc(C(O)=C2C(=O)C(=O)N(c3nc(C)c(C)s3)[C@@H]2c2cccc(Br)c2)cc1. The van der Waals surface area contributed by atoms with Gasteiger partial charge in [-0.1, -0.05) is 28.1 Å². The van der Waals surface area contributed by atoms with E-state index in [0.717, 1.165) is 15.0 Å². The Balaban J connectivity index is 1.93. The zero-order valence-electron chi connectivity index (χ0n) is 17.0. The van der Waals surface area contributed by atoms with Gasteiger partial charge in [-0.15, -0.1) is 11.3 Å². The average Bonchev–Trinajstić information content (AvgIpc) is 3.23. The summed E-state index contributed by atoms with van der Waals surface area (Å²) < 4.78 is 5.96. The van der Waals surface area contributed by atoms with Gasteiger partial charge < -0.3 is 9.84 Å². The number of aliphatic hydroxyl groups excluding tert-OH is 1. The predicted octanol–water partition coefficient (Wildman–Crippen LogP) is 5.16. The second kappa shape index (κ2) is 8.28. The minimum atomic E-state index is -0.801. The monoisotopic (exact) mass is 498 g/mol. The van der Waals surface area contributed by atoms with Crippen LogP contribution in [-0.2, 0) is 9.59 Å².